The lowest BCUT2D eigenvalue weighted by molar-refractivity contribution is -0.119. The van der Waals surface area contributed by atoms with E-state index in [1.807, 2.05) is 24.3 Å². The van der Waals surface area contributed by atoms with Crippen LogP contribution >= 0.6 is 0 Å². The standard InChI is InChI=1S/C15H22N2O3/c1-15(2)12(7-13(15)18)17-8-10-3-5-11(6-4-10)20-9-14(16)19/h3-6,12-13,17-18H,7-9H2,1-2H3,(H2,16,19). The average molecular weight is 278 g/mol. The molecule has 1 aromatic rings. The molecule has 1 amide bonds. The second-order valence-electron chi connectivity index (χ2n) is 5.91. The first-order valence-electron chi connectivity index (χ1n) is 6.81. The molecule has 2 unspecified atom stereocenters. The van der Waals surface area contributed by atoms with Crippen LogP contribution in [-0.4, -0.2) is 29.8 Å². The minimum absolute atomic E-state index is 0.0649. The molecule has 1 saturated carbocycles. The molecule has 0 aromatic heterocycles. The van der Waals surface area contributed by atoms with Crippen LogP contribution in [0.2, 0.25) is 0 Å². The van der Waals surface area contributed by atoms with E-state index in [2.05, 4.69) is 19.2 Å². The average Bonchev–Trinajstić information content (AvgIpc) is 2.42. The van der Waals surface area contributed by atoms with E-state index >= 15 is 0 Å². The highest BCUT2D eigenvalue weighted by Crippen LogP contribution is 2.40. The zero-order valence-corrected chi connectivity index (χ0v) is 11.9. The van der Waals surface area contributed by atoms with Crippen molar-refractivity contribution < 1.29 is 14.6 Å². The fourth-order valence-electron chi connectivity index (χ4n) is 2.35. The molecule has 1 aliphatic rings. The second kappa shape index (κ2) is 5.81. The Bertz CT molecular complexity index is 471. The Balaban J connectivity index is 1.81. The van der Waals surface area contributed by atoms with Crippen molar-refractivity contribution in [1.29, 1.82) is 0 Å². The van der Waals surface area contributed by atoms with Gasteiger partial charge in [0.15, 0.2) is 6.61 Å². The minimum Gasteiger partial charge on any atom is -0.484 e. The fourth-order valence-corrected chi connectivity index (χ4v) is 2.35. The van der Waals surface area contributed by atoms with E-state index in [-0.39, 0.29) is 18.1 Å². The van der Waals surface area contributed by atoms with Gasteiger partial charge in [0.2, 0.25) is 0 Å². The predicted octanol–water partition coefficient (Wildman–Crippen LogP) is 0.800. The van der Waals surface area contributed by atoms with Gasteiger partial charge in [0, 0.05) is 18.0 Å². The van der Waals surface area contributed by atoms with Crippen molar-refractivity contribution in [2.45, 2.75) is 39.0 Å². The van der Waals surface area contributed by atoms with E-state index in [1.165, 1.54) is 0 Å². The molecule has 2 atom stereocenters. The van der Waals surface area contributed by atoms with Crippen LogP contribution in [0.5, 0.6) is 5.75 Å². The van der Waals surface area contributed by atoms with Gasteiger partial charge in [-0.05, 0) is 24.1 Å². The van der Waals surface area contributed by atoms with Crippen LogP contribution in [0.1, 0.15) is 25.8 Å². The van der Waals surface area contributed by atoms with Crippen LogP contribution in [0.15, 0.2) is 24.3 Å². The van der Waals surface area contributed by atoms with Crippen LogP contribution < -0.4 is 15.8 Å². The van der Waals surface area contributed by atoms with Crippen LogP contribution in [0.4, 0.5) is 0 Å². The summed E-state index contributed by atoms with van der Waals surface area (Å²) in [6.45, 7) is 4.78. The van der Waals surface area contributed by atoms with E-state index in [9.17, 15) is 9.90 Å². The minimum atomic E-state index is -0.485. The van der Waals surface area contributed by atoms with Crippen molar-refractivity contribution in [3.8, 4) is 5.75 Å². The van der Waals surface area contributed by atoms with Crippen molar-refractivity contribution in [3.63, 3.8) is 0 Å². The van der Waals surface area contributed by atoms with E-state index in [4.69, 9.17) is 10.5 Å². The first kappa shape index (κ1) is 14.8. The van der Waals surface area contributed by atoms with Gasteiger partial charge in [-0.3, -0.25) is 4.79 Å². The third kappa shape index (κ3) is 3.29. The number of aliphatic hydroxyl groups excluding tert-OH is 1. The van der Waals surface area contributed by atoms with E-state index in [0.29, 0.717) is 11.8 Å². The topological polar surface area (TPSA) is 84.6 Å². The molecule has 1 aromatic carbocycles. The van der Waals surface area contributed by atoms with Gasteiger partial charge in [-0.15, -0.1) is 0 Å². The van der Waals surface area contributed by atoms with Gasteiger partial charge in [-0.1, -0.05) is 26.0 Å². The third-order valence-corrected chi connectivity index (χ3v) is 4.07. The van der Waals surface area contributed by atoms with Gasteiger partial charge in [-0.25, -0.2) is 0 Å². The van der Waals surface area contributed by atoms with Crippen molar-refractivity contribution in [1.82, 2.24) is 5.32 Å². The summed E-state index contributed by atoms with van der Waals surface area (Å²) in [5.74, 6) is 0.147. The number of amides is 1. The number of hydrogen-bond acceptors (Lipinski definition) is 4. The van der Waals surface area contributed by atoms with Crippen molar-refractivity contribution in [2.75, 3.05) is 6.61 Å². The molecule has 0 heterocycles. The zero-order valence-electron chi connectivity index (χ0n) is 11.9. The van der Waals surface area contributed by atoms with Gasteiger partial charge in [0.05, 0.1) is 6.10 Å². The molecular formula is C15H22N2O3. The summed E-state index contributed by atoms with van der Waals surface area (Å²) in [4.78, 5) is 10.6. The number of carbonyl (C=O) groups excluding carboxylic acids is 1. The molecular weight excluding hydrogens is 256 g/mol. The first-order chi connectivity index (χ1) is 9.39. The molecule has 20 heavy (non-hydrogen) atoms. The van der Waals surface area contributed by atoms with Crippen LogP contribution in [0, 0.1) is 5.41 Å². The van der Waals surface area contributed by atoms with E-state index in [0.717, 1.165) is 18.5 Å². The Morgan fingerprint density at radius 3 is 2.60 bits per heavy atom. The highest BCUT2D eigenvalue weighted by molar-refractivity contribution is 5.75. The number of nitrogens with two attached hydrogens (primary N) is 1. The number of carbonyl (C=O) groups is 1. The fraction of sp³-hybridized carbons (Fsp3) is 0.533. The van der Waals surface area contributed by atoms with E-state index < -0.39 is 5.91 Å². The van der Waals surface area contributed by atoms with Crippen molar-refractivity contribution in [3.05, 3.63) is 29.8 Å². The summed E-state index contributed by atoms with van der Waals surface area (Å²) < 4.78 is 5.20. The summed E-state index contributed by atoms with van der Waals surface area (Å²) in [5.41, 5.74) is 6.08. The summed E-state index contributed by atoms with van der Waals surface area (Å²) >= 11 is 0. The highest BCUT2D eigenvalue weighted by atomic mass is 16.5. The third-order valence-electron chi connectivity index (χ3n) is 4.07. The second-order valence-corrected chi connectivity index (χ2v) is 5.91. The molecule has 5 heteroatoms. The SMILES string of the molecule is CC1(C)C(O)CC1NCc1ccc(OCC(N)=O)cc1. The molecule has 110 valence electrons. The largest absolute Gasteiger partial charge is 0.484 e. The lowest BCUT2D eigenvalue weighted by atomic mass is 9.64. The van der Waals surface area contributed by atoms with Crippen LogP contribution in [-0.2, 0) is 11.3 Å². The maximum Gasteiger partial charge on any atom is 0.255 e. The Hall–Kier alpha value is -1.59. The smallest absolute Gasteiger partial charge is 0.255 e. The van der Waals surface area contributed by atoms with Gasteiger partial charge in [-0.2, -0.15) is 0 Å². The number of primary amides is 1. The Morgan fingerprint density at radius 1 is 1.45 bits per heavy atom. The first-order valence-corrected chi connectivity index (χ1v) is 6.81. The predicted molar refractivity (Wildman–Crippen MR) is 76.2 cm³/mol. The molecule has 0 radical (unpaired) electrons. The maximum absolute atomic E-state index is 10.6. The maximum atomic E-state index is 10.6. The molecule has 4 N–H and O–H groups in total. The van der Waals surface area contributed by atoms with Gasteiger partial charge >= 0.3 is 0 Å². The number of nitrogens with one attached hydrogen (secondary N) is 1. The van der Waals surface area contributed by atoms with Crippen LogP contribution in [0.3, 0.4) is 0 Å². The quantitative estimate of drug-likeness (QED) is 0.718. The molecule has 5 nitrogen and oxygen atoms in total. The van der Waals surface area contributed by atoms with Gasteiger partial charge < -0.3 is 20.9 Å². The molecule has 1 fully saturated rings. The zero-order chi connectivity index (χ0) is 14.8. The lowest BCUT2D eigenvalue weighted by Gasteiger charge is -2.49. The number of benzene rings is 1. The van der Waals surface area contributed by atoms with E-state index in [1.54, 1.807) is 0 Å². The molecule has 0 bridgehead atoms. The van der Waals surface area contributed by atoms with Gasteiger partial charge in [0.1, 0.15) is 5.75 Å². The number of aliphatic hydroxyl groups is 1. The van der Waals surface area contributed by atoms with Crippen molar-refractivity contribution in [2.24, 2.45) is 11.1 Å². The monoisotopic (exact) mass is 278 g/mol. The number of hydrogen-bond donors (Lipinski definition) is 3. The number of ether oxygens (including phenoxy) is 1. The van der Waals surface area contributed by atoms with Crippen molar-refractivity contribution >= 4 is 5.91 Å². The highest BCUT2D eigenvalue weighted by Gasteiger charge is 2.46. The normalized spacial score (nSPS) is 23.9. The molecule has 0 aliphatic heterocycles. The Morgan fingerprint density at radius 2 is 2.10 bits per heavy atom. The van der Waals surface area contributed by atoms with Crippen LogP contribution in [0.25, 0.3) is 0 Å². The Labute approximate surface area is 119 Å². The number of rotatable bonds is 6. The van der Waals surface area contributed by atoms with Gasteiger partial charge in [0.25, 0.3) is 5.91 Å². The Kier molecular flexibility index (Phi) is 4.30. The summed E-state index contributed by atoms with van der Waals surface area (Å²) in [6, 6.07) is 7.88. The molecule has 1 aliphatic carbocycles. The summed E-state index contributed by atoms with van der Waals surface area (Å²) in [5, 5.41) is 13.1. The lowest BCUT2D eigenvalue weighted by Crippen LogP contribution is -2.59. The molecule has 0 saturated heterocycles. The summed E-state index contributed by atoms with van der Waals surface area (Å²) in [6.07, 6.45) is 0.580. The molecule has 0 spiro atoms. The molecule has 2 rings (SSSR count). The summed E-state index contributed by atoms with van der Waals surface area (Å²) in [7, 11) is 0.